The molecule has 2 N–H and O–H groups in total. The standard InChI is InChI=1S/C9H6BrN3O3/c10-5-1-2-6(8(14)15)7(3-5)13-4-11-12-9(13)16/h1-4H,(H,12,16)(H,14,15). The SMILES string of the molecule is O=C(O)c1ccc(Br)cc1-n1cn[nH]c1=O. The molecule has 2 aromatic rings. The first-order valence-electron chi connectivity index (χ1n) is 4.25. The van der Waals surface area contributed by atoms with E-state index in [0.29, 0.717) is 4.47 Å². The van der Waals surface area contributed by atoms with Gasteiger partial charge in [-0.1, -0.05) is 15.9 Å². The number of carboxylic acid groups (broad SMARTS) is 1. The van der Waals surface area contributed by atoms with Crippen molar-refractivity contribution in [3.8, 4) is 5.69 Å². The van der Waals surface area contributed by atoms with E-state index in [4.69, 9.17) is 5.11 Å². The van der Waals surface area contributed by atoms with Crippen molar-refractivity contribution < 1.29 is 9.90 Å². The summed E-state index contributed by atoms with van der Waals surface area (Å²) in [6, 6.07) is 4.56. The van der Waals surface area contributed by atoms with Gasteiger partial charge in [-0.3, -0.25) is 0 Å². The molecule has 0 aliphatic heterocycles. The number of nitrogens with zero attached hydrogens (tertiary/aromatic N) is 2. The highest BCUT2D eigenvalue weighted by atomic mass is 79.9. The number of carboxylic acids is 1. The average molecular weight is 284 g/mol. The highest BCUT2D eigenvalue weighted by Gasteiger charge is 2.13. The summed E-state index contributed by atoms with van der Waals surface area (Å²) < 4.78 is 1.81. The molecule has 0 atom stereocenters. The summed E-state index contributed by atoms with van der Waals surface area (Å²) in [5, 5.41) is 14.7. The predicted molar refractivity (Wildman–Crippen MR) is 58.8 cm³/mol. The van der Waals surface area contributed by atoms with Crippen molar-refractivity contribution in [3.63, 3.8) is 0 Å². The van der Waals surface area contributed by atoms with Crippen LogP contribution in [0.2, 0.25) is 0 Å². The third-order valence-electron chi connectivity index (χ3n) is 2.00. The van der Waals surface area contributed by atoms with Gasteiger partial charge in [0.1, 0.15) is 6.33 Å². The molecule has 0 radical (unpaired) electrons. The van der Waals surface area contributed by atoms with E-state index in [1.165, 1.54) is 12.4 Å². The number of benzene rings is 1. The monoisotopic (exact) mass is 283 g/mol. The summed E-state index contributed by atoms with van der Waals surface area (Å²) >= 11 is 3.22. The Bertz CT molecular complexity index is 602. The van der Waals surface area contributed by atoms with Crippen molar-refractivity contribution in [2.75, 3.05) is 0 Å². The Morgan fingerprint density at radius 1 is 1.50 bits per heavy atom. The summed E-state index contributed by atoms with van der Waals surface area (Å²) in [7, 11) is 0. The fourth-order valence-corrected chi connectivity index (χ4v) is 1.65. The van der Waals surface area contributed by atoms with Crippen LogP contribution >= 0.6 is 15.9 Å². The lowest BCUT2D eigenvalue weighted by molar-refractivity contribution is 0.0697. The van der Waals surface area contributed by atoms with Crippen LogP contribution in [0.1, 0.15) is 10.4 Å². The number of rotatable bonds is 2. The van der Waals surface area contributed by atoms with Crippen LogP contribution in [0.4, 0.5) is 0 Å². The first-order valence-corrected chi connectivity index (χ1v) is 5.04. The molecule has 0 amide bonds. The molecule has 7 heteroatoms. The smallest absolute Gasteiger partial charge is 0.347 e. The van der Waals surface area contributed by atoms with Crippen LogP contribution < -0.4 is 5.69 Å². The van der Waals surface area contributed by atoms with Gasteiger partial charge in [-0.15, -0.1) is 0 Å². The molecule has 0 saturated heterocycles. The number of hydrogen-bond donors (Lipinski definition) is 2. The maximum Gasteiger partial charge on any atom is 0.347 e. The Kier molecular flexibility index (Phi) is 2.61. The van der Waals surface area contributed by atoms with E-state index in [1.54, 1.807) is 12.1 Å². The van der Waals surface area contributed by atoms with Crippen molar-refractivity contribution in [1.82, 2.24) is 14.8 Å². The molecule has 0 spiro atoms. The summed E-state index contributed by atoms with van der Waals surface area (Å²) in [4.78, 5) is 22.3. The van der Waals surface area contributed by atoms with E-state index in [-0.39, 0.29) is 11.3 Å². The minimum absolute atomic E-state index is 0.0340. The van der Waals surface area contributed by atoms with Crippen LogP contribution in [-0.4, -0.2) is 25.8 Å². The Morgan fingerprint density at radius 3 is 2.81 bits per heavy atom. The van der Waals surface area contributed by atoms with Gasteiger partial charge in [0.15, 0.2) is 0 Å². The average Bonchev–Trinajstić information content (AvgIpc) is 2.63. The minimum atomic E-state index is -1.10. The van der Waals surface area contributed by atoms with Gasteiger partial charge in [0.25, 0.3) is 0 Å². The second kappa shape index (κ2) is 3.93. The van der Waals surface area contributed by atoms with Crippen LogP contribution in [0.3, 0.4) is 0 Å². The zero-order chi connectivity index (χ0) is 11.7. The molecule has 0 aliphatic rings. The van der Waals surface area contributed by atoms with E-state index >= 15 is 0 Å². The van der Waals surface area contributed by atoms with Crippen molar-refractivity contribution >= 4 is 21.9 Å². The van der Waals surface area contributed by atoms with E-state index in [0.717, 1.165) is 4.57 Å². The molecule has 16 heavy (non-hydrogen) atoms. The summed E-state index contributed by atoms with van der Waals surface area (Å²) in [6.45, 7) is 0. The predicted octanol–water partition coefficient (Wildman–Crippen LogP) is 1.02. The molecule has 0 fully saturated rings. The van der Waals surface area contributed by atoms with E-state index in [1.807, 2.05) is 0 Å². The molecule has 0 bridgehead atoms. The van der Waals surface area contributed by atoms with Crippen LogP contribution in [0.25, 0.3) is 5.69 Å². The largest absolute Gasteiger partial charge is 0.478 e. The third kappa shape index (κ3) is 1.76. The van der Waals surface area contributed by atoms with E-state index in [9.17, 15) is 9.59 Å². The van der Waals surface area contributed by atoms with Gasteiger partial charge in [0, 0.05) is 4.47 Å². The lowest BCUT2D eigenvalue weighted by atomic mass is 10.2. The van der Waals surface area contributed by atoms with Gasteiger partial charge >= 0.3 is 11.7 Å². The molecule has 1 heterocycles. The van der Waals surface area contributed by atoms with Gasteiger partial charge in [0.2, 0.25) is 0 Å². The Morgan fingerprint density at radius 2 is 2.25 bits per heavy atom. The first kappa shape index (κ1) is 10.6. The topological polar surface area (TPSA) is 88.0 Å². The van der Waals surface area contributed by atoms with E-state index < -0.39 is 11.7 Å². The van der Waals surface area contributed by atoms with Crippen molar-refractivity contribution in [2.45, 2.75) is 0 Å². The maximum absolute atomic E-state index is 11.3. The molecule has 2 rings (SSSR count). The lowest BCUT2D eigenvalue weighted by Crippen LogP contribution is -2.17. The number of aromatic nitrogens is 3. The zero-order valence-corrected chi connectivity index (χ0v) is 9.43. The molecule has 1 aromatic carbocycles. The second-order valence-electron chi connectivity index (χ2n) is 3.00. The zero-order valence-electron chi connectivity index (χ0n) is 7.85. The fraction of sp³-hybridized carbons (Fsp3) is 0. The molecule has 6 nitrogen and oxygen atoms in total. The number of aromatic carboxylic acids is 1. The number of carbonyl (C=O) groups is 1. The number of aromatic amines is 1. The van der Waals surface area contributed by atoms with Gasteiger partial charge in [0.05, 0.1) is 11.3 Å². The van der Waals surface area contributed by atoms with Gasteiger partial charge < -0.3 is 5.11 Å². The van der Waals surface area contributed by atoms with Gasteiger partial charge in [-0.2, -0.15) is 5.10 Å². The molecule has 0 saturated carbocycles. The van der Waals surface area contributed by atoms with Crippen molar-refractivity contribution in [2.24, 2.45) is 0 Å². The van der Waals surface area contributed by atoms with Gasteiger partial charge in [-0.25, -0.2) is 19.3 Å². The number of halogens is 1. The molecular weight excluding hydrogens is 278 g/mol. The summed E-state index contributed by atoms with van der Waals surface area (Å²) in [5.41, 5.74) is -0.187. The molecule has 0 unspecified atom stereocenters. The third-order valence-corrected chi connectivity index (χ3v) is 2.50. The van der Waals surface area contributed by atoms with Crippen molar-refractivity contribution in [3.05, 3.63) is 45.0 Å². The fourth-order valence-electron chi connectivity index (χ4n) is 1.30. The van der Waals surface area contributed by atoms with Crippen molar-refractivity contribution in [1.29, 1.82) is 0 Å². The number of H-pyrrole nitrogens is 1. The van der Waals surface area contributed by atoms with Gasteiger partial charge in [-0.05, 0) is 18.2 Å². The molecule has 1 aromatic heterocycles. The Balaban J connectivity index is 2.72. The second-order valence-corrected chi connectivity index (χ2v) is 3.91. The van der Waals surface area contributed by atoms with Crippen LogP contribution in [0.15, 0.2) is 33.8 Å². The molecule has 82 valence electrons. The number of nitrogens with one attached hydrogen (secondary N) is 1. The normalized spacial score (nSPS) is 10.3. The first-order chi connectivity index (χ1) is 7.59. The highest BCUT2D eigenvalue weighted by molar-refractivity contribution is 9.10. The van der Waals surface area contributed by atoms with Crippen LogP contribution in [0.5, 0.6) is 0 Å². The quantitative estimate of drug-likeness (QED) is 0.861. The minimum Gasteiger partial charge on any atom is -0.478 e. The van der Waals surface area contributed by atoms with Crippen LogP contribution in [0, 0.1) is 0 Å². The lowest BCUT2D eigenvalue weighted by Gasteiger charge is -2.05. The number of hydrogen-bond acceptors (Lipinski definition) is 3. The molecular formula is C9H6BrN3O3. The maximum atomic E-state index is 11.3. The summed E-state index contributed by atoms with van der Waals surface area (Å²) in [6.07, 6.45) is 1.23. The van der Waals surface area contributed by atoms with Crippen LogP contribution in [-0.2, 0) is 0 Å². The summed E-state index contributed by atoms with van der Waals surface area (Å²) in [5.74, 6) is -1.10. The van der Waals surface area contributed by atoms with E-state index in [2.05, 4.69) is 26.1 Å². The molecule has 0 aliphatic carbocycles. The Labute approximate surface area is 97.7 Å². The highest BCUT2D eigenvalue weighted by Crippen LogP contribution is 2.19. The Hall–Kier alpha value is -1.89.